The van der Waals surface area contributed by atoms with Gasteiger partial charge in [-0.1, -0.05) is 12.5 Å². The van der Waals surface area contributed by atoms with Crippen LogP contribution >= 0.6 is 0 Å². The molecule has 1 amide bonds. The number of amides is 1. The van der Waals surface area contributed by atoms with Crippen molar-refractivity contribution in [1.29, 1.82) is 0 Å². The van der Waals surface area contributed by atoms with E-state index in [1.54, 1.807) is 18.6 Å². The first-order valence-corrected chi connectivity index (χ1v) is 9.37. The van der Waals surface area contributed by atoms with E-state index in [2.05, 4.69) is 33.0 Å². The minimum absolute atomic E-state index is 0.0150. The summed E-state index contributed by atoms with van der Waals surface area (Å²) in [4.78, 5) is 29.6. The Morgan fingerprint density at radius 1 is 1.19 bits per heavy atom. The largest absolute Gasteiger partial charge is 0.337 e. The maximum Gasteiger partial charge on any atom is 0.274 e. The molecule has 6 nitrogen and oxygen atoms in total. The molecule has 0 radical (unpaired) electrons. The van der Waals surface area contributed by atoms with Gasteiger partial charge in [-0.2, -0.15) is 0 Å². The molecule has 2 fully saturated rings. The van der Waals surface area contributed by atoms with Gasteiger partial charge in [0.25, 0.3) is 5.91 Å². The normalized spacial score (nSPS) is 25.3. The van der Waals surface area contributed by atoms with Gasteiger partial charge in [-0.15, -0.1) is 0 Å². The van der Waals surface area contributed by atoms with Crippen molar-refractivity contribution in [2.24, 2.45) is 11.8 Å². The van der Waals surface area contributed by atoms with Gasteiger partial charge in [0.05, 0.1) is 6.20 Å². The zero-order valence-corrected chi connectivity index (χ0v) is 15.2. The van der Waals surface area contributed by atoms with Gasteiger partial charge in [0, 0.05) is 50.5 Å². The SMILES string of the molecule is CN(Cc1cccnc1)[C@@H]1CCC[C@@H]2CN(C(=O)c3cnccn3)C[C@@H]21. The molecule has 26 heavy (non-hydrogen) atoms. The molecule has 3 heterocycles. The van der Waals surface area contributed by atoms with Crippen LogP contribution < -0.4 is 0 Å². The Bertz CT molecular complexity index is 738. The number of carbonyl (C=O) groups excluding carboxylic acids is 1. The van der Waals surface area contributed by atoms with Crippen molar-refractivity contribution in [2.45, 2.75) is 31.8 Å². The van der Waals surface area contributed by atoms with Crippen LogP contribution in [0.3, 0.4) is 0 Å². The Morgan fingerprint density at radius 3 is 2.85 bits per heavy atom. The van der Waals surface area contributed by atoms with E-state index >= 15 is 0 Å². The van der Waals surface area contributed by atoms with Crippen molar-refractivity contribution in [3.05, 3.63) is 54.4 Å². The van der Waals surface area contributed by atoms with E-state index in [0.717, 1.165) is 19.6 Å². The van der Waals surface area contributed by atoms with Crippen LogP contribution in [0.4, 0.5) is 0 Å². The number of fused-ring (bicyclic) bond motifs is 1. The summed E-state index contributed by atoms with van der Waals surface area (Å²) in [5.41, 5.74) is 1.69. The van der Waals surface area contributed by atoms with Crippen LogP contribution in [0, 0.1) is 11.8 Å². The first kappa shape index (κ1) is 17.1. The summed E-state index contributed by atoms with van der Waals surface area (Å²) < 4.78 is 0. The van der Waals surface area contributed by atoms with E-state index in [1.165, 1.54) is 24.8 Å². The quantitative estimate of drug-likeness (QED) is 0.845. The van der Waals surface area contributed by atoms with Gasteiger partial charge >= 0.3 is 0 Å². The molecule has 6 heteroatoms. The molecule has 0 aromatic carbocycles. The second-order valence-corrected chi connectivity index (χ2v) is 7.50. The summed E-state index contributed by atoms with van der Waals surface area (Å²) in [7, 11) is 2.20. The smallest absolute Gasteiger partial charge is 0.274 e. The van der Waals surface area contributed by atoms with Gasteiger partial charge < -0.3 is 4.90 Å². The molecule has 1 aliphatic carbocycles. The third kappa shape index (κ3) is 3.46. The highest BCUT2D eigenvalue weighted by molar-refractivity contribution is 5.92. The predicted molar refractivity (Wildman–Crippen MR) is 98.3 cm³/mol. The zero-order chi connectivity index (χ0) is 17.9. The van der Waals surface area contributed by atoms with Crippen LogP contribution in [0.2, 0.25) is 0 Å². The molecule has 1 saturated carbocycles. The topological polar surface area (TPSA) is 62.2 Å². The molecule has 136 valence electrons. The summed E-state index contributed by atoms with van der Waals surface area (Å²) in [6.45, 7) is 2.57. The van der Waals surface area contributed by atoms with Gasteiger partial charge in [-0.25, -0.2) is 4.98 Å². The fourth-order valence-corrected chi connectivity index (χ4v) is 4.62. The molecule has 1 saturated heterocycles. The summed E-state index contributed by atoms with van der Waals surface area (Å²) >= 11 is 0. The lowest BCUT2D eigenvalue weighted by Crippen LogP contribution is -2.43. The van der Waals surface area contributed by atoms with Crippen LogP contribution in [0.15, 0.2) is 43.1 Å². The van der Waals surface area contributed by atoms with Crippen LogP contribution in [0.1, 0.15) is 35.3 Å². The fourth-order valence-electron chi connectivity index (χ4n) is 4.62. The van der Waals surface area contributed by atoms with E-state index in [9.17, 15) is 4.79 Å². The highest BCUT2D eigenvalue weighted by atomic mass is 16.2. The van der Waals surface area contributed by atoms with E-state index < -0.39 is 0 Å². The molecule has 2 aromatic heterocycles. The first-order chi connectivity index (χ1) is 12.7. The summed E-state index contributed by atoms with van der Waals surface area (Å²) in [5, 5.41) is 0. The number of hydrogen-bond donors (Lipinski definition) is 0. The van der Waals surface area contributed by atoms with E-state index in [-0.39, 0.29) is 5.91 Å². The van der Waals surface area contributed by atoms with Crippen LogP contribution in [-0.2, 0) is 6.54 Å². The third-order valence-electron chi connectivity index (χ3n) is 5.85. The third-order valence-corrected chi connectivity index (χ3v) is 5.85. The monoisotopic (exact) mass is 351 g/mol. The van der Waals surface area contributed by atoms with E-state index in [4.69, 9.17) is 0 Å². The Labute approximate surface area is 154 Å². The fraction of sp³-hybridized carbons (Fsp3) is 0.500. The maximum atomic E-state index is 12.8. The average molecular weight is 351 g/mol. The Balaban J connectivity index is 1.45. The lowest BCUT2D eigenvalue weighted by Gasteiger charge is -2.39. The average Bonchev–Trinajstić information content (AvgIpc) is 3.13. The Hall–Kier alpha value is -2.34. The maximum absolute atomic E-state index is 12.8. The highest BCUT2D eigenvalue weighted by Crippen LogP contribution is 2.39. The van der Waals surface area contributed by atoms with Crippen LogP contribution in [-0.4, -0.2) is 56.8 Å². The van der Waals surface area contributed by atoms with Gasteiger partial charge in [0.15, 0.2) is 0 Å². The standard InChI is InChI=1S/C20H25N5O/c1-24(12-15-4-3-7-21-10-15)19-6-2-5-16-13-25(14-17(16)19)20(26)18-11-22-8-9-23-18/h3-4,7-11,16-17,19H,2,5-6,12-14H2,1H3/t16-,17+,19-/m1/s1. The number of aromatic nitrogens is 3. The second-order valence-electron chi connectivity index (χ2n) is 7.50. The van der Waals surface area contributed by atoms with E-state index in [1.807, 2.05) is 23.4 Å². The van der Waals surface area contributed by atoms with Gasteiger partial charge in [0.2, 0.25) is 0 Å². The molecular weight excluding hydrogens is 326 g/mol. The molecule has 3 atom stereocenters. The summed E-state index contributed by atoms with van der Waals surface area (Å²) in [6.07, 6.45) is 12.1. The lowest BCUT2D eigenvalue weighted by atomic mass is 9.77. The Kier molecular flexibility index (Phi) is 4.93. The number of nitrogens with zero attached hydrogens (tertiary/aromatic N) is 5. The van der Waals surface area contributed by atoms with Gasteiger partial charge in [-0.3, -0.25) is 19.7 Å². The number of likely N-dealkylation sites (tertiary alicyclic amines) is 1. The zero-order valence-electron chi connectivity index (χ0n) is 15.2. The highest BCUT2D eigenvalue weighted by Gasteiger charge is 2.43. The molecule has 0 spiro atoms. The van der Waals surface area contributed by atoms with Crippen molar-refractivity contribution in [3.63, 3.8) is 0 Å². The molecule has 4 rings (SSSR count). The Morgan fingerprint density at radius 2 is 2.08 bits per heavy atom. The summed E-state index contributed by atoms with van der Waals surface area (Å²) in [5.74, 6) is 1.14. The van der Waals surface area contributed by atoms with Crippen molar-refractivity contribution in [1.82, 2.24) is 24.8 Å². The minimum atomic E-state index is 0.0150. The van der Waals surface area contributed by atoms with Crippen molar-refractivity contribution in [2.75, 3.05) is 20.1 Å². The number of rotatable bonds is 4. The number of carbonyl (C=O) groups is 1. The van der Waals surface area contributed by atoms with Crippen molar-refractivity contribution >= 4 is 5.91 Å². The van der Waals surface area contributed by atoms with Gasteiger partial charge in [0.1, 0.15) is 5.69 Å². The second kappa shape index (κ2) is 7.50. The molecule has 1 aliphatic heterocycles. The van der Waals surface area contributed by atoms with Crippen molar-refractivity contribution in [3.8, 4) is 0 Å². The van der Waals surface area contributed by atoms with Gasteiger partial charge in [-0.05, 0) is 43.4 Å². The summed E-state index contributed by atoms with van der Waals surface area (Å²) in [6, 6.07) is 4.63. The molecule has 0 bridgehead atoms. The van der Waals surface area contributed by atoms with E-state index in [0.29, 0.717) is 23.6 Å². The van der Waals surface area contributed by atoms with Crippen molar-refractivity contribution < 1.29 is 4.79 Å². The minimum Gasteiger partial charge on any atom is -0.337 e. The number of hydrogen-bond acceptors (Lipinski definition) is 5. The predicted octanol–water partition coefficient (Wildman–Crippen LogP) is 2.24. The van der Waals surface area contributed by atoms with Crippen LogP contribution in [0.25, 0.3) is 0 Å². The molecule has 0 unspecified atom stereocenters. The number of pyridine rings is 1. The van der Waals surface area contributed by atoms with Crippen LogP contribution in [0.5, 0.6) is 0 Å². The first-order valence-electron chi connectivity index (χ1n) is 9.37. The lowest BCUT2D eigenvalue weighted by molar-refractivity contribution is 0.0764. The molecule has 0 N–H and O–H groups in total. The molecule has 2 aromatic rings. The molecular formula is C20H25N5O. The molecule has 2 aliphatic rings.